The number of nitrogens with one attached hydrogen (secondary N) is 1. The molecule has 1 aliphatic heterocycles. The van der Waals surface area contributed by atoms with Gasteiger partial charge in [0.2, 0.25) is 15.9 Å². The van der Waals surface area contributed by atoms with E-state index in [9.17, 15) is 18.0 Å². The highest BCUT2D eigenvalue weighted by Crippen LogP contribution is 2.32. The van der Waals surface area contributed by atoms with E-state index >= 15 is 0 Å². The molecule has 2 amide bonds. The Kier molecular flexibility index (Phi) is 9.51. The lowest BCUT2D eigenvalue weighted by molar-refractivity contribution is -0.134. The Labute approximate surface area is 222 Å². The lowest BCUT2D eigenvalue weighted by Gasteiger charge is -2.39. The normalized spacial score (nSPS) is 24.6. The molecule has 9 heteroatoms. The summed E-state index contributed by atoms with van der Waals surface area (Å²) in [6.45, 7) is 3.29. The standard InChI is InChI=1S/C28H43N3O5S/c1-21(32)31-18-10-4-9-17-30(2)28(33)24-19-23(37(34,35)29-20-22-11-5-3-6-12-22)15-16-26(24)36-27-14-8-7-13-25(27)31/h15-16,19,22,25,27,29H,3-14,17-18,20H2,1-2H3/t25-,27+/m1/s1. The van der Waals surface area contributed by atoms with E-state index in [0.717, 1.165) is 70.6 Å². The molecule has 206 valence electrons. The predicted molar refractivity (Wildman–Crippen MR) is 143 cm³/mol. The van der Waals surface area contributed by atoms with Crippen molar-refractivity contribution >= 4 is 21.8 Å². The minimum absolute atomic E-state index is 0.0479. The molecule has 1 aromatic carbocycles. The maximum Gasteiger partial charge on any atom is 0.257 e. The van der Waals surface area contributed by atoms with Crippen molar-refractivity contribution in [2.45, 2.75) is 101 Å². The van der Waals surface area contributed by atoms with Crippen molar-refractivity contribution in [3.63, 3.8) is 0 Å². The highest BCUT2D eigenvalue weighted by Gasteiger charge is 2.34. The van der Waals surface area contributed by atoms with Crippen LogP contribution in [0.15, 0.2) is 23.1 Å². The average molecular weight is 534 g/mol. The fraction of sp³-hybridized carbons (Fsp3) is 0.714. The van der Waals surface area contributed by atoms with Crippen LogP contribution >= 0.6 is 0 Å². The zero-order chi connectivity index (χ0) is 26.4. The topological polar surface area (TPSA) is 96.0 Å². The Hall–Kier alpha value is -2.13. The number of hydrogen-bond acceptors (Lipinski definition) is 5. The van der Waals surface area contributed by atoms with Gasteiger partial charge in [0.05, 0.1) is 16.5 Å². The first-order valence-corrected chi connectivity index (χ1v) is 15.6. The van der Waals surface area contributed by atoms with Crippen molar-refractivity contribution in [2.75, 3.05) is 26.7 Å². The number of carbonyl (C=O) groups is 2. The molecule has 0 aromatic heterocycles. The number of rotatable bonds is 4. The monoisotopic (exact) mass is 533 g/mol. The third kappa shape index (κ3) is 7.05. The van der Waals surface area contributed by atoms with E-state index in [0.29, 0.717) is 31.3 Å². The summed E-state index contributed by atoms with van der Waals surface area (Å²) in [7, 11) is -2.01. The average Bonchev–Trinajstić information content (AvgIpc) is 2.90. The number of amides is 2. The molecular weight excluding hydrogens is 490 g/mol. The number of benzene rings is 1. The van der Waals surface area contributed by atoms with Gasteiger partial charge in [-0.3, -0.25) is 9.59 Å². The molecule has 1 heterocycles. The lowest BCUT2D eigenvalue weighted by Crippen LogP contribution is -2.50. The first-order chi connectivity index (χ1) is 17.8. The number of sulfonamides is 1. The van der Waals surface area contributed by atoms with Gasteiger partial charge in [-0.25, -0.2) is 13.1 Å². The number of carbonyl (C=O) groups excluding carboxylic acids is 2. The molecule has 37 heavy (non-hydrogen) atoms. The maximum absolute atomic E-state index is 13.5. The summed E-state index contributed by atoms with van der Waals surface area (Å²) in [4.78, 5) is 29.8. The summed E-state index contributed by atoms with van der Waals surface area (Å²) >= 11 is 0. The second-order valence-electron chi connectivity index (χ2n) is 11.0. The van der Waals surface area contributed by atoms with Gasteiger partial charge in [-0.15, -0.1) is 0 Å². The second-order valence-corrected chi connectivity index (χ2v) is 12.8. The van der Waals surface area contributed by atoms with Crippen LogP contribution in [-0.2, 0) is 14.8 Å². The molecule has 0 unspecified atom stereocenters. The van der Waals surface area contributed by atoms with Gasteiger partial charge < -0.3 is 14.5 Å². The number of ether oxygens (including phenoxy) is 1. The van der Waals surface area contributed by atoms with E-state index in [1.165, 1.54) is 18.6 Å². The van der Waals surface area contributed by atoms with Crippen molar-refractivity contribution in [3.05, 3.63) is 23.8 Å². The smallest absolute Gasteiger partial charge is 0.257 e. The van der Waals surface area contributed by atoms with Crippen molar-refractivity contribution in [3.8, 4) is 5.75 Å². The zero-order valence-corrected chi connectivity index (χ0v) is 23.2. The SMILES string of the molecule is CC(=O)N1CCCCCN(C)C(=O)c2cc(S(=O)(=O)NCC3CCCCC3)ccc2O[C@H]2CCCC[C@H]21. The van der Waals surface area contributed by atoms with Gasteiger partial charge in [-0.2, -0.15) is 0 Å². The molecule has 1 N–H and O–H groups in total. The molecule has 1 aromatic rings. The third-order valence-corrected chi connectivity index (χ3v) is 9.69. The van der Waals surface area contributed by atoms with Crippen LogP contribution in [0.2, 0.25) is 0 Å². The molecule has 0 spiro atoms. The van der Waals surface area contributed by atoms with Gasteiger partial charge in [0, 0.05) is 33.6 Å². The molecule has 3 aliphatic rings. The van der Waals surface area contributed by atoms with Crippen LogP contribution in [-0.4, -0.2) is 68.9 Å². The van der Waals surface area contributed by atoms with Crippen LogP contribution in [0.1, 0.15) is 94.3 Å². The highest BCUT2D eigenvalue weighted by molar-refractivity contribution is 7.89. The molecule has 4 rings (SSSR count). The summed E-state index contributed by atoms with van der Waals surface area (Å²) in [5.41, 5.74) is 0.265. The molecule has 2 aliphatic carbocycles. The van der Waals surface area contributed by atoms with Crippen LogP contribution in [0.4, 0.5) is 0 Å². The molecule has 0 bridgehead atoms. The second kappa shape index (κ2) is 12.6. The van der Waals surface area contributed by atoms with E-state index in [4.69, 9.17) is 4.74 Å². The van der Waals surface area contributed by atoms with Crippen LogP contribution in [0, 0.1) is 5.92 Å². The Balaban J connectivity index is 1.63. The Bertz CT molecular complexity index is 1050. The van der Waals surface area contributed by atoms with Gasteiger partial charge >= 0.3 is 0 Å². The first-order valence-electron chi connectivity index (χ1n) is 14.1. The van der Waals surface area contributed by atoms with E-state index in [-0.39, 0.29) is 34.4 Å². The lowest BCUT2D eigenvalue weighted by atomic mass is 9.90. The summed E-state index contributed by atoms with van der Waals surface area (Å²) in [5.74, 6) is 0.562. The minimum atomic E-state index is -3.76. The molecule has 2 saturated carbocycles. The van der Waals surface area contributed by atoms with Gasteiger partial charge in [-0.05, 0) is 75.5 Å². The summed E-state index contributed by atoms with van der Waals surface area (Å²) in [6.07, 6.45) is 11.7. The largest absolute Gasteiger partial charge is 0.487 e. The molecule has 0 radical (unpaired) electrons. The number of fused-ring (bicyclic) bond motifs is 2. The molecule has 8 nitrogen and oxygen atoms in total. The van der Waals surface area contributed by atoms with E-state index < -0.39 is 10.0 Å². The summed E-state index contributed by atoms with van der Waals surface area (Å²) < 4.78 is 35.7. The Morgan fingerprint density at radius 3 is 2.41 bits per heavy atom. The van der Waals surface area contributed by atoms with Crippen molar-refractivity contribution in [1.82, 2.24) is 14.5 Å². The van der Waals surface area contributed by atoms with Crippen molar-refractivity contribution in [2.24, 2.45) is 5.92 Å². The summed E-state index contributed by atoms with van der Waals surface area (Å²) in [6, 6.07) is 4.58. The maximum atomic E-state index is 13.5. The third-order valence-electron chi connectivity index (χ3n) is 8.27. The van der Waals surface area contributed by atoms with Gasteiger partial charge in [0.1, 0.15) is 11.9 Å². The highest BCUT2D eigenvalue weighted by atomic mass is 32.2. The van der Waals surface area contributed by atoms with E-state index in [1.807, 2.05) is 4.90 Å². The van der Waals surface area contributed by atoms with Crippen LogP contribution in [0.3, 0.4) is 0 Å². The Morgan fingerprint density at radius 1 is 0.973 bits per heavy atom. The van der Waals surface area contributed by atoms with Crippen LogP contribution in [0.25, 0.3) is 0 Å². The van der Waals surface area contributed by atoms with Gasteiger partial charge in [-0.1, -0.05) is 25.7 Å². The number of nitrogens with zero attached hydrogens (tertiary/aromatic N) is 2. The zero-order valence-electron chi connectivity index (χ0n) is 22.4. The molecule has 2 atom stereocenters. The van der Waals surface area contributed by atoms with Crippen molar-refractivity contribution in [1.29, 1.82) is 0 Å². The minimum Gasteiger partial charge on any atom is -0.487 e. The molecule has 0 saturated heterocycles. The Morgan fingerprint density at radius 2 is 1.65 bits per heavy atom. The summed E-state index contributed by atoms with van der Waals surface area (Å²) in [5, 5.41) is 0. The number of hydrogen-bond donors (Lipinski definition) is 1. The van der Waals surface area contributed by atoms with Crippen LogP contribution < -0.4 is 9.46 Å². The fourth-order valence-electron chi connectivity index (χ4n) is 6.05. The quantitative estimate of drug-likeness (QED) is 0.621. The molecular formula is C28H43N3O5S. The van der Waals surface area contributed by atoms with Gasteiger partial charge in [0.25, 0.3) is 5.91 Å². The van der Waals surface area contributed by atoms with Crippen LogP contribution in [0.5, 0.6) is 5.75 Å². The van der Waals surface area contributed by atoms with Crippen molar-refractivity contribution < 1.29 is 22.7 Å². The molecule has 2 fully saturated rings. The first kappa shape index (κ1) is 27.9. The van der Waals surface area contributed by atoms with E-state index in [1.54, 1.807) is 24.9 Å². The fourth-order valence-corrected chi connectivity index (χ4v) is 7.20. The predicted octanol–water partition coefficient (Wildman–Crippen LogP) is 4.34. The van der Waals surface area contributed by atoms with E-state index in [2.05, 4.69) is 4.72 Å². The van der Waals surface area contributed by atoms with Gasteiger partial charge in [0.15, 0.2) is 0 Å².